The summed E-state index contributed by atoms with van der Waals surface area (Å²) in [5.41, 5.74) is 1.87. The number of nitrogens with zero attached hydrogens (tertiary/aromatic N) is 4. The third-order valence-electron chi connectivity index (χ3n) is 5.49. The molecule has 0 fully saturated rings. The lowest BCUT2D eigenvalue weighted by Gasteiger charge is -2.32. The first kappa shape index (κ1) is 21.4. The Balaban J connectivity index is 1.95. The van der Waals surface area contributed by atoms with Crippen LogP contribution in [0.4, 0.5) is 11.4 Å². The molecule has 1 aromatic carbocycles. The minimum atomic E-state index is -0.650. The molecule has 9 heteroatoms. The second kappa shape index (κ2) is 7.69. The number of fused-ring (bicyclic) bond motifs is 1. The van der Waals surface area contributed by atoms with Crippen LogP contribution < -0.4 is 16.7 Å². The average Bonchev–Trinajstić information content (AvgIpc) is 3.06. The van der Waals surface area contributed by atoms with Crippen LogP contribution >= 0.6 is 0 Å². The van der Waals surface area contributed by atoms with Crippen molar-refractivity contribution < 1.29 is 14.7 Å². The Kier molecular flexibility index (Phi) is 5.14. The fraction of sp³-hybridized carbons (Fsp3) is 0.261. The molecule has 3 heterocycles. The number of hydrogen-bond donors (Lipinski definition) is 3. The van der Waals surface area contributed by atoms with Crippen LogP contribution in [0.3, 0.4) is 0 Å². The maximum atomic E-state index is 13.3. The highest BCUT2D eigenvalue weighted by Gasteiger charge is 2.39. The molecule has 4 rings (SSSR count). The molecule has 3 aromatic rings. The van der Waals surface area contributed by atoms with E-state index in [4.69, 9.17) is 11.7 Å². The van der Waals surface area contributed by atoms with Gasteiger partial charge in [0.05, 0.1) is 47.6 Å². The summed E-state index contributed by atoms with van der Waals surface area (Å²) in [6.45, 7) is 5.48. The highest BCUT2D eigenvalue weighted by atomic mass is 16.3. The number of pyridine rings is 1. The van der Waals surface area contributed by atoms with Crippen LogP contribution in [0.5, 0.6) is 5.75 Å². The fourth-order valence-electron chi connectivity index (χ4n) is 3.98. The van der Waals surface area contributed by atoms with Gasteiger partial charge in [0, 0.05) is 17.2 Å². The van der Waals surface area contributed by atoms with Gasteiger partial charge in [-0.2, -0.15) is 0 Å². The molecule has 5 N–H and O–H groups in total. The highest BCUT2D eigenvalue weighted by molar-refractivity contribution is 6.10. The summed E-state index contributed by atoms with van der Waals surface area (Å²) >= 11 is 0. The van der Waals surface area contributed by atoms with Gasteiger partial charge >= 0.3 is 0 Å². The molecule has 2 aromatic heterocycles. The van der Waals surface area contributed by atoms with E-state index in [1.165, 1.54) is 27.0 Å². The number of ketones is 1. The smallest absolute Gasteiger partial charge is 0.228 e. The predicted octanol–water partition coefficient (Wildman–Crippen LogP) is 2.55. The highest BCUT2D eigenvalue weighted by Crippen LogP contribution is 2.44. The number of Topliss-reactive ketones (excluding diaryl/α,β-unsaturated/α-hetero) is 1. The molecule has 9 nitrogen and oxygen atoms in total. The third kappa shape index (κ3) is 3.46. The van der Waals surface area contributed by atoms with Crippen LogP contribution in [0.1, 0.15) is 36.8 Å². The monoisotopic (exact) mass is 434 g/mol. The number of nitrogens with two attached hydrogens (primary N) is 2. The van der Waals surface area contributed by atoms with Gasteiger partial charge in [0.15, 0.2) is 5.78 Å². The molecule has 1 aliphatic rings. The molecule has 166 valence electrons. The number of aromatic hydroxyl groups is 1. The lowest BCUT2D eigenvalue weighted by molar-refractivity contribution is -0.139. The van der Waals surface area contributed by atoms with Crippen LogP contribution in [-0.2, 0) is 11.3 Å². The first-order valence-electron chi connectivity index (χ1n) is 10.2. The van der Waals surface area contributed by atoms with E-state index in [9.17, 15) is 14.7 Å². The van der Waals surface area contributed by atoms with Gasteiger partial charge in [-0.15, -0.1) is 0 Å². The third-order valence-corrected chi connectivity index (χ3v) is 5.49. The van der Waals surface area contributed by atoms with Crippen molar-refractivity contribution >= 4 is 23.1 Å². The lowest BCUT2D eigenvalue weighted by atomic mass is 9.93. The molecular formula is C23H26N6O3. The van der Waals surface area contributed by atoms with Gasteiger partial charge in [0.1, 0.15) is 5.75 Å². The van der Waals surface area contributed by atoms with E-state index in [2.05, 4.69) is 4.98 Å². The normalized spacial score (nSPS) is 13.8. The molecule has 0 spiro atoms. The Morgan fingerprint density at radius 3 is 2.47 bits per heavy atom. The first-order valence-corrected chi connectivity index (χ1v) is 10.2. The second-order valence-electron chi connectivity index (χ2n) is 8.82. The number of hydrogen-bond acceptors (Lipinski definition) is 7. The quantitative estimate of drug-likeness (QED) is 0.426. The zero-order valence-electron chi connectivity index (χ0n) is 18.2. The molecule has 0 saturated carbocycles. The Morgan fingerprint density at radius 1 is 1.16 bits per heavy atom. The Labute approximate surface area is 185 Å². The Morgan fingerprint density at radius 2 is 1.84 bits per heavy atom. The minimum absolute atomic E-state index is 0.0789. The summed E-state index contributed by atoms with van der Waals surface area (Å²) in [5.74, 6) is 12.5. The van der Waals surface area contributed by atoms with Crippen molar-refractivity contribution in [3.8, 4) is 17.0 Å². The van der Waals surface area contributed by atoms with E-state index in [-0.39, 0.29) is 30.5 Å². The molecule has 1 aliphatic heterocycles. The molecule has 32 heavy (non-hydrogen) atoms. The maximum absolute atomic E-state index is 13.3. The van der Waals surface area contributed by atoms with Crippen LogP contribution in [0.25, 0.3) is 11.3 Å². The van der Waals surface area contributed by atoms with Gasteiger partial charge in [-0.25, -0.2) is 5.84 Å². The van der Waals surface area contributed by atoms with Crippen molar-refractivity contribution in [1.29, 1.82) is 0 Å². The SMILES string of the molecule is CC(C)(C)C(=O)N1CC(=O)c2c(N(N)c3ccccc3)c(-c3ccncc3O)n(N)c2C1. The molecule has 1 amide bonds. The van der Waals surface area contributed by atoms with Crippen LogP contribution in [0.2, 0.25) is 0 Å². The fourth-order valence-corrected chi connectivity index (χ4v) is 3.98. The lowest BCUT2D eigenvalue weighted by Crippen LogP contribution is -2.45. The summed E-state index contributed by atoms with van der Waals surface area (Å²) in [6.07, 6.45) is 2.82. The van der Waals surface area contributed by atoms with Crippen molar-refractivity contribution in [2.24, 2.45) is 11.3 Å². The van der Waals surface area contributed by atoms with E-state index in [0.717, 1.165) is 0 Å². The number of carbonyl (C=O) groups is 2. The summed E-state index contributed by atoms with van der Waals surface area (Å²) in [7, 11) is 0. The topological polar surface area (TPSA) is 131 Å². The molecule has 0 aliphatic carbocycles. The van der Waals surface area contributed by atoms with Crippen LogP contribution in [0.15, 0.2) is 48.8 Å². The van der Waals surface area contributed by atoms with Crippen molar-refractivity contribution in [3.05, 3.63) is 60.0 Å². The van der Waals surface area contributed by atoms with Gasteiger partial charge < -0.3 is 15.8 Å². The molecular weight excluding hydrogens is 408 g/mol. The summed E-state index contributed by atoms with van der Waals surface area (Å²) < 4.78 is 1.34. The summed E-state index contributed by atoms with van der Waals surface area (Å²) in [4.78, 5) is 31.7. The minimum Gasteiger partial charge on any atom is -0.506 e. The number of amides is 1. The standard InChI is InChI=1S/C23H26N6O3/c1-23(2,3)22(32)27-12-16-19(18(31)13-27)21(28(24)14-7-5-4-6-8-14)20(29(16)25)15-9-10-26-11-17(15)30/h4-11,30H,12-13,24-25H2,1-3H3. The van der Waals surface area contributed by atoms with Crippen molar-refractivity contribution in [2.75, 3.05) is 17.4 Å². The van der Waals surface area contributed by atoms with Crippen molar-refractivity contribution in [3.63, 3.8) is 0 Å². The Hall–Kier alpha value is -3.85. The zero-order chi connectivity index (χ0) is 23.2. The number of carbonyl (C=O) groups excluding carboxylic acids is 2. The molecule has 0 unspecified atom stereocenters. The van der Waals surface area contributed by atoms with Gasteiger partial charge in [0.25, 0.3) is 0 Å². The van der Waals surface area contributed by atoms with E-state index in [1.807, 2.05) is 18.2 Å². The maximum Gasteiger partial charge on any atom is 0.228 e. The molecule has 0 radical (unpaired) electrons. The van der Waals surface area contributed by atoms with E-state index in [1.54, 1.807) is 39.0 Å². The van der Waals surface area contributed by atoms with Crippen LogP contribution in [-0.4, -0.2) is 37.9 Å². The van der Waals surface area contributed by atoms with Gasteiger partial charge in [-0.1, -0.05) is 39.0 Å². The number of para-hydroxylation sites is 1. The first-order chi connectivity index (χ1) is 15.1. The van der Waals surface area contributed by atoms with E-state index in [0.29, 0.717) is 33.9 Å². The van der Waals surface area contributed by atoms with Gasteiger partial charge in [-0.3, -0.25) is 24.3 Å². The van der Waals surface area contributed by atoms with Crippen molar-refractivity contribution in [1.82, 2.24) is 14.6 Å². The number of aromatic nitrogens is 2. The Bertz CT molecular complexity index is 1200. The number of nitrogen functional groups attached to an aromatic ring is 1. The number of anilines is 2. The summed E-state index contributed by atoms with van der Waals surface area (Å²) in [6, 6.07) is 10.7. The van der Waals surface area contributed by atoms with E-state index >= 15 is 0 Å². The second-order valence-corrected chi connectivity index (χ2v) is 8.82. The number of rotatable bonds is 3. The van der Waals surface area contributed by atoms with Crippen LogP contribution in [0, 0.1) is 5.41 Å². The largest absolute Gasteiger partial charge is 0.506 e. The summed E-state index contributed by atoms with van der Waals surface area (Å²) in [5, 5.41) is 11.9. The molecule has 0 atom stereocenters. The number of benzene rings is 1. The van der Waals surface area contributed by atoms with Gasteiger partial charge in [0.2, 0.25) is 5.91 Å². The molecule has 0 bridgehead atoms. The van der Waals surface area contributed by atoms with Crippen molar-refractivity contribution in [2.45, 2.75) is 27.3 Å². The average molecular weight is 435 g/mol. The van der Waals surface area contributed by atoms with E-state index < -0.39 is 5.41 Å². The predicted molar refractivity (Wildman–Crippen MR) is 121 cm³/mol. The van der Waals surface area contributed by atoms with Gasteiger partial charge in [-0.05, 0) is 18.2 Å². The number of hydrazine groups is 1. The molecule has 0 saturated heterocycles. The zero-order valence-corrected chi connectivity index (χ0v) is 18.2.